The molecule has 0 radical (unpaired) electrons. The average Bonchev–Trinajstić information content (AvgIpc) is 3.23. The van der Waals surface area contributed by atoms with Gasteiger partial charge in [0.15, 0.2) is 0 Å². The van der Waals surface area contributed by atoms with E-state index in [4.69, 9.17) is 16.0 Å². The van der Waals surface area contributed by atoms with Crippen molar-refractivity contribution in [2.75, 3.05) is 11.2 Å². The van der Waals surface area contributed by atoms with Gasteiger partial charge >= 0.3 is 0 Å². The Hall–Kier alpha value is -2.60. The number of alkyl halides is 1. The molecule has 2 heterocycles. The van der Waals surface area contributed by atoms with E-state index in [1.165, 1.54) is 11.9 Å². The fourth-order valence-electron chi connectivity index (χ4n) is 2.63. The predicted octanol–water partition coefficient (Wildman–Crippen LogP) is 3.15. The lowest BCUT2D eigenvalue weighted by atomic mass is 10.0. The van der Waals surface area contributed by atoms with Crippen molar-refractivity contribution in [2.24, 2.45) is 5.10 Å². The lowest BCUT2D eigenvalue weighted by molar-refractivity contribution is -0.130. The van der Waals surface area contributed by atoms with Crippen LogP contribution in [0.15, 0.2) is 52.2 Å². The van der Waals surface area contributed by atoms with Crippen molar-refractivity contribution in [2.45, 2.75) is 19.4 Å². The number of carbonyl (C=O) groups excluding carboxylic acids is 2. The van der Waals surface area contributed by atoms with E-state index in [2.05, 4.69) is 10.4 Å². The highest BCUT2D eigenvalue weighted by atomic mass is 35.5. The van der Waals surface area contributed by atoms with Gasteiger partial charge < -0.3 is 9.73 Å². The number of nitrogens with zero attached hydrogens (tertiary/aromatic N) is 2. The summed E-state index contributed by atoms with van der Waals surface area (Å²) in [5, 5.41) is 8.52. The highest BCUT2D eigenvalue weighted by Gasteiger charge is 2.34. The normalized spacial score (nSPS) is 16.8. The summed E-state index contributed by atoms with van der Waals surface area (Å²) in [6.45, 7) is 1.46. The molecule has 3 rings (SSSR count). The van der Waals surface area contributed by atoms with E-state index in [-0.39, 0.29) is 23.7 Å². The fourth-order valence-corrected chi connectivity index (χ4v) is 2.75. The first-order valence-electron chi connectivity index (χ1n) is 7.45. The van der Waals surface area contributed by atoms with Crippen LogP contribution >= 0.6 is 11.6 Å². The van der Waals surface area contributed by atoms with E-state index in [1.807, 2.05) is 18.2 Å². The van der Waals surface area contributed by atoms with E-state index in [9.17, 15) is 9.59 Å². The number of anilines is 1. The molecule has 0 fully saturated rings. The van der Waals surface area contributed by atoms with Crippen molar-refractivity contribution >= 4 is 34.8 Å². The van der Waals surface area contributed by atoms with Crippen LogP contribution in [0.3, 0.4) is 0 Å². The Kier molecular flexibility index (Phi) is 4.66. The highest BCUT2D eigenvalue weighted by Crippen LogP contribution is 2.33. The molecule has 124 valence electrons. The van der Waals surface area contributed by atoms with Crippen molar-refractivity contribution in [1.29, 1.82) is 0 Å². The van der Waals surface area contributed by atoms with Gasteiger partial charge in [-0.15, -0.1) is 11.6 Å². The Morgan fingerprint density at radius 1 is 1.33 bits per heavy atom. The summed E-state index contributed by atoms with van der Waals surface area (Å²) in [6.07, 6.45) is 2.11. The minimum absolute atomic E-state index is 0.127. The van der Waals surface area contributed by atoms with E-state index >= 15 is 0 Å². The number of carbonyl (C=O) groups is 2. The number of furan rings is 1. The van der Waals surface area contributed by atoms with Crippen LogP contribution in [0.1, 0.15) is 30.7 Å². The zero-order valence-corrected chi connectivity index (χ0v) is 13.8. The molecule has 1 aliphatic rings. The number of hydrazone groups is 1. The summed E-state index contributed by atoms with van der Waals surface area (Å²) in [7, 11) is 0. The van der Waals surface area contributed by atoms with Crippen molar-refractivity contribution in [3.8, 4) is 0 Å². The van der Waals surface area contributed by atoms with Gasteiger partial charge in [0, 0.05) is 19.0 Å². The maximum atomic E-state index is 12.1. The molecule has 0 aliphatic carbocycles. The van der Waals surface area contributed by atoms with E-state index in [0.29, 0.717) is 17.9 Å². The van der Waals surface area contributed by atoms with Crippen LogP contribution in [0, 0.1) is 0 Å². The molecule has 2 amide bonds. The van der Waals surface area contributed by atoms with Crippen molar-refractivity contribution in [1.82, 2.24) is 5.01 Å². The minimum Gasteiger partial charge on any atom is -0.467 e. The molecule has 1 atom stereocenters. The third kappa shape index (κ3) is 3.33. The largest absolute Gasteiger partial charge is 0.467 e. The Balaban J connectivity index is 1.85. The molecule has 2 aromatic rings. The molecular weight excluding hydrogens is 330 g/mol. The minimum atomic E-state index is -0.295. The molecule has 0 bridgehead atoms. The van der Waals surface area contributed by atoms with Crippen LogP contribution in [0.5, 0.6) is 0 Å². The summed E-state index contributed by atoms with van der Waals surface area (Å²) in [4.78, 5) is 23.1. The second-order valence-electron chi connectivity index (χ2n) is 5.41. The van der Waals surface area contributed by atoms with Gasteiger partial charge in [-0.05, 0) is 29.8 Å². The molecule has 0 saturated heterocycles. The third-order valence-electron chi connectivity index (χ3n) is 3.69. The first-order chi connectivity index (χ1) is 11.6. The van der Waals surface area contributed by atoms with Gasteiger partial charge in [-0.1, -0.05) is 12.1 Å². The second kappa shape index (κ2) is 6.88. The van der Waals surface area contributed by atoms with E-state index in [1.54, 1.807) is 24.5 Å². The van der Waals surface area contributed by atoms with E-state index in [0.717, 1.165) is 11.3 Å². The van der Waals surface area contributed by atoms with Crippen LogP contribution in [0.2, 0.25) is 0 Å². The Labute approximate surface area is 144 Å². The lowest BCUT2D eigenvalue weighted by Gasteiger charge is -2.18. The molecule has 0 saturated carbocycles. The molecule has 1 unspecified atom stereocenters. The number of amides is 2. The van der Waals surface area contributed by atoms with Crippen LogP contribution in [-0.2, 0) is 9.59 Å². The topological polar surface area (TPSA) is 74.9 Å². The lowest BCUT2D eigenvalue weighted by Crippen LogP contribution is -2.27. The number of hydrogen-bond acceptors (Lipinski definition) is 4. The smallest absolute Gasteiger partial charge is 0.258 e. The molecule has 0 spiro atoms. The van der Waals surface area contributed by atoms with Gasteiger partial charge in [-0.25, -0.2) is 5.01 Å². The van der Waals surface area contributed by atoms with Gasteiger partial charge in [0.25, 0.3) is 5.91 Å². The summed E-state index contributed by atoms with van der Waals surface area (Å²) in [5.41, 5.74) is 2.36. The van der Waals surface area contributed by atoms with Gasteiger partial charge in [-0.2, -0.15) is 5.10 Å². The van der Waals surface area contributed by atoms with Crippen LogP contribution in [0.25, 0.3) is 0 Å². The molecule has 1 aromatic heterocycles. The summed E-state index contributed by atoms with van der Waals surface area (Å²) >= 11 is 5.69. The van der Waals surface area contributed by atoms with E-state index < -0.39 is 0 Å². The first kappa shape index (κ1) is 16.3. The fraction of sp³-hybridized carbons (Fsp3) is 0.235. The zero-order chi connectivity index (χ0) is 17.1. The molecule has 7 heteroatoms. The molecule has 6 nitrogen and oxygen atoms in total. The molecule has 1 aliphatic heterocycles. The first-order valence-corrected chi connectivity index (χ1v) is 7.99. The highest BCUT2D eigenvalue weighted by molar-refractivity contribution is 6.27. The van der Waals surface area contributed by atoms with Gasteiger partial charge in [0.05, 0.1) is 12.0 Å². The quantitative estimate of drug-likeness (QED) is 0.865. The zero-order valence-electron chi connectivity index (χ0n) is 13.0. The number of nitrogens with one attached hydrogen (secondary N) is 1. The molecule has 24 heavy (non-hydrogen) atoms. The van der Waals surface area contributed by atoms with Gasteiger partial charge in [0.1, 0.15) is 17.7 Å². The Morgan fingerprint density at radius 3 is 2.67 bits per heavy atom. The van der Waals surface area contributed by atoms with Crippen molar-refractivity contribution < 1.29 is 14.0 Å². The number of rotatable bonds is 4. The Morgan fingerprint density at radius 2 is 2.08 bits per heavy atom. The predicted molar refractivity (Wildman–Crippen MR) is 90.9 cm³/mol. The maximum absolute atomic E-state index is 12.1. The monoisotopic (exact) mass is 345 g/mol. The maximum Gasteiger partial charge on any atom is 0.258 e. The third-order valence-corrected chi connectivity index (χ3v) is 3.92. The number of halogens is 1. The van der Waals surface area contributed by atoms with Crippen molar-refractivity contribution in [3.05, 3.63) is 54.0 Å². The molecule has 1 N–H and O–H groups in total. The van der Waals surface area contributed by atoms with Crippen molar-refractivity contribution in [3.63, 3.8) is 0 Å². The van der Waals surface area contributed by atoms with Crippen LogP contribution in [-0.4, -0.2) is 28.4 Å². The summed E-state index contributed by atoms with van der Waals surface area (Å²) < 4.78 is 5.43. The van der Waals surface area contributed by atoms with Gasteiger partial charge in [0.2, 0.25) is 5.91 Å². The molecular formula is C17H16ClN3O3. The molecule has 1 aromatic carbocycles. The van der Waals surface area contributed by atoms with Gasteiger partial charge in [-0.3, -0.25) is 9.59 Å². The standard InChI is InChI=1S/C17H16ClN3O3/c1-11(22)19-13-6-4-12(5-7-13)14-9-15(16-3-2-8-24-16)21(20-14)17(23)10-18/h2-8,15H,9-10H2,1H3,(H,19,22). The Bertz CT molecular complexity index is 769. The SMILES string of the molecule is CC(=O)Nc1ccc(C2=NN(C(=O)CCl)C(c3ccco3)C2)cc1. The number of hydrogen-bond donors (Lipinski definition) is 1. The number of benzene rings is 1. The average molecular weight is 346 g/mol. The van der Waals surface area contributed by atoms with Crippen LogP contribution < -0.4 is 5.32 Å². The summed E-state index contributed by atoms with van der Waals surface area (Å²) in [6, 6.07) is 10.6. The summed E-state index contributed by atoms with van der Waals surface area (Å²) in [5.74, 6) is 0.123. The second-order valence-corrected chi connectivity index (χ2v) is 5.68. The van der Waals surface area contributed by atoms with Crippen LogP contribution in [0.4, 0.5) is 5.69 Å².